The Balaban J connectivity index is 2.05. The molecule has 0 fully saturated rings. The SMILES string of the molecule is CC(C)Oc1cc(Cl)c(N2C(O)C3=C(CCCC3)S2(=O)=O)cc1Cl. The smallest absolute Gasteiger partial charge is 0.263 e. The zero-order valence-electron chi connectivity index (χ0n) is 13.4. The van der Waals surface area contributed by atoms with Crippen molar-refractivity contribution in [3.8, 4) is 5.75 Å². The number of anilines is 1. The number of halogens is 2. The predicted molar refractivity (Wildman–Crippen MR) is 95.1 cm³/mol. The number of aliphatic hydroxyl groups is 1. The van der Waals surface area contributed by atoms with Gasteiger partial charge in [0.25, 0.3) is 10.0 Å². The van der Waals surface area contributed by atoms with E-state index in [1.807, 2.05) is 13.8 Å². The summed E-state index contributed by atoms with van der Waals surface area (Å²) in [6, 6.07) is 2.92. The third kappa shape index (κ3) is 2.90. The second kappa shape index (κ2) is 6.41. The molecule has 2 aliphatic rings. The fourth-order valence-electron chi connectivity index (χ4n) is 3.15. The van der Waals surface area contributed by atoms with Crippen LogP contribution in [0.5, 0.6) is 5.75 Å². The number of allylic oxidation sites excluding steroid dienone is 1. The summed E-state index contributed by atoms with van der Waals surface area (Å²) < 4.78 is 32.2. The summed E-state index contributed by atoms with van der Waals surface area (Å²) >= 11 is 12.5. The zero-order chi connectivity index (χ0) is 17.6. The molecule has 0 saturated heterocycles. The Bertz CT molecular complexity index is 805. The van der Waals surface area contributed by atoms with Gasteiger partial charge in [-0.15, -0.1) is 0 Å². The molecule has 0 bridgehead atoms. The highest BCUT2D eigenvalue weighted by molar-refractivity contribution is 7.97. The molecule has 0 radical (unpaired) electrons. The average Bonchev–Trinajstić information content (AvgIpc) is 2.70. The lowest BCUT2D eigenvalue weighted by atomic mass is 9.98. The molecule has 1 aliphatic carbocycles. The second-order valence-corrected chi connectivity index (χ2v) is 8.88. The van der Waals surface area contributed by atoms with Crippen LogP contribution < -0.4 is 9.04 Å². The number of hydrogen-bond donors (Lipinski definition) is 1. The van der Waals surface area contributed by atoms with E-state index in [2.05, 4.69) is 0 Å². The molecule has 1 aromatic rings. The third-order valence-electron chi connectivity index (χ3n) is 4.16. The minimum Gasteiger partial charge on any atom is -0.489 e. The highest BCUT2D eigenvalue weighted by Gasteiger charge is 2.45. The van der Waals surface area contributed by atoms with Crippen LogP contribution in [0.2, 0.25) is 10.0 Å². The fraction of sp³-hybridized carbons (Fsp3) is 0.500. The van der Waals surface area contributed by atoms with Crippen molar-refractivity contribution in [1.29, 1.82) is 0 Å². The molecule has 0 amide bonds. The van der Waals surface area contributed by atoms with Gasteiger partial charge in [-0.1, -0.05) is 23.2 Å². The van der Waals surface area contributed by atoms with Crippen LogP contribution in [0, 0.1) is 0 Å². The first-order valence-electron chi connectivity index (χ1n) is 7.83. The highest BCUT2D eigenvalue weighted by atomic mass is 35.5. The van der Waals surface area contributed by atoms with Crippen molar-refractivity contribution in [1.82, 2.24) is 0 Å². The van der Waals surface area contributed by atoms with Crippen LogP contribution in [0.15, 0.2) is 22.6 Å². The molecule has 1 aromatic carbocycles. The topological polar surface area (TPSA) is 66.8 Å². The number of ether oxygens (including phenoxy) is 1. The molecule has 1 unspecified atom stereocenters. The average molecular weight is 392 g/mol. The maximum atomic E-state index is 12.8. The summed E-state index contributed by atoms with van der Waals surface area (Å²) in [5.41, 5.74) is 0.732. The van der Waals surface area contributed by atoms with Crippen LogP contribution in [0.4, 0.5) is 5.69 Å². The first kappa shape index (κ1) is 17.9. The molecule has 132 valence electrons. The van der Waals surface area contributed by atoms with Gasteiger partial charge < -0.3 is 9.84 Å². The van der Waals surface area contributed by atoms with Crippen molar-refractivity contribution in [3.63, 3.8) is 0 Å². The van der Waals surface area contributed by atoms with Crippen molar-refractivity contribution in [2.45, 2.75) is 51.9 Å². The number of rotatable bonds is 3. The molecular formula is C16H19Cl2NO4S. The Kier molecular flexibility index (Phi) is 4.77. The van der Waals surface area contributed by atoms with Gasteiger partial charge in [0, 0.05) is 6.07 Å². The van der Waals surface area contributed by atoms with Crippen molar-refractivity contribution in [3.05, 3.63) is 32.7 Å². The summed E-state index contributed by atoms with van der Waals surface area (Å²) in [6.45, 7) is 3.70. The summed E-state index contributed by atoms with van der Waals surface area (Å²) in [5, 5.41) is 11.0. The molecule has 5 nitrogen and oxygen atoms in total. The molecule has 0 aromatic heterocycles. The van der Waals surface area contributed by atoms with Crippen molar-refractivity contribution >= 4 is 38.9 Å². The van der Waals surface area contributed by atoms with Crippen LogP contribution >= 0.6 is 23.2 Å². The van der Waals surface area contributed by atoms with E-state index in [4.69, 9.17) is 27.9 Å². The molecule has 0 saturated carbocycles. The van der Waals surface area contributed by atoms with E-state index in [0.29, 0.717) is 29.1 Å². The van der Waals surface area contributed by atoms with E-state index in [1.165, 1.54) is 12.1 Å². The van der Waals surface area contributed by atoms with Gasteiger partial charge in [-0.25, -0.2) is 12.7 Å². The van der Waals surface area contributed by atoms with Crippen molar-refractivity contribution in [2.75, 3.05) is 4.31 Å². The second-order valence-electron chi connectivity index (χ2n) is 6.23. The van der Waals surface area contributed by atoms with Crippen LogP contribution in [0.1, 0.15) is 39.5 Å². The number of nitrogens with zero attached hydrogens (tertiary/aromatic N) is 1. The Hall–Kier alpha value is -0.950. The molecule has 1 N–H and O–H groups in total. The molecule has 24 heavy (non-hydrogen) atoms. The van der Waals surface area contributed by atoms with Gasteiger partial charge in [0.05, 0.1) is 26.7 Å². The minimum atomic E-state index is -3.79. The highest BCUT2D eigenvalue weighted by Crippen LogP contribution is 2.46. The van der Waals surface area contributed by atoms with Gasteiger partial charge >= 0.3 is 0 Å². The van der Waals surface area contributed by atoms with Crippen LogP contribution in [0.25, 0.3) is 0 Å². The van der Waals surface area contributed by atoms with Gasteiger partial charge in [0.15, 0.2) is 6.23 Å². The first-order chi connectivity index (χ1) is 11.2. The lowest BCUT2D eigenvalue weighted by Crippen LogP contribution is -2.35. The summed E-state index contributed by atoms with van der Waals surface area (Å²) in [4.78, 5) is 0.316. The fourth-order valence-corrected chi connectivity index (χ4v) is 5.63. The Labute approximate surface area is 151 Å². The van der Waals surface area contributed by atoms with Crippen LogP contribution in [0.3, 0.4) is 0 Å². The monoisotopic (exact) mass is 391 g/mol. The van der Waals surface area contributed by atoms with Gasteiger partial charge in [0.2, 0.25) is 0 Å². The molecular weight excluding hydrogens is 373 g/mol. The van der Waals surface area contributed by atoms with Gasteiger partial charge in [-0.2, -0.15) is 0 Å². The largest absolute Gasteiger partial charge is 0.489 e. The molecule has 0 spiro atoms. The van der Waals surface area contributed by atoms with Gasteiger partial charge in [-0.3, -0.25) is 0 Å². The lowest BCUT2D eigenvalue weighted by molar-refractivity contribution is 0.219. The van der Waals surface area contributed by atoms with E-state index in [1.54, 1.807) is 0 Å². The van der Waals surface area contributed by atoms with Crippen LogP contribution in [-0.2, 0) is 10.0 Å². The van der Waals surface area contributed by atoms with Crippen LogP contribution in [-0.4, -0.2) is 25.9 Å². The number of sulfonamides is 1. The summed E-state index contributed by atoms with van der Waals surface area (Å²) in [7, 11) is -3.79. The van der Waals surface area contributed by atoms with E-state index in [-0.39, 0.29) is 21.8 Å². The standard InChI is InChI=1S/C16H19Cl2NO4S/c1-9(2)23-14-8-11(17)13(7-12(14)18)19-16(20)10-5-3-4-6-15(10)24(19,21)22/h7-9,16,20H,3-6H2,1-2H3. The molecule has 1 heterocycles. The molecule has 3 rings (SSSR count). The first-order valence-corrected chi connectivity index (χ1v) is 10.0. The number of hydrogen-bond acceptors (Lipinski definition) is 4. The quantitative estimate of drug-likeness (QED) is 0.842. The van der Waals surface area contributed by atoms with Gasteiger partial charge in [-0.05, 0) is 51.2 Å². The molecule has 1 atom stereocenters. The minimum absolute atomic E-state index is 0.0977. The predicted octanol–water partition coefficient (Wildman–Crippen LogP) is 4.08. The Morgan fingerprint density at radius 3 is 2.50 bits per heavy atom. The van der Waals surface area contributed by atoms with Crippen molar-refractivity contribution < 1.29 is 18.3 Å². The number of aliphatic hydroxyl groups excluding tert-OH is 1. The summed E-state index contributed by atoms with van der Waals surface area (Å²) in [6.07, 6.45) is 1.37. The molecule has 1 aliphatic heterocycles. The normalized spacial score (nSPS) is 22.9. The van der Waals surface area contributed by atoms with Crippen molar-refractivity contribution in [2.24, 2.45) is 0 Å². The van der Waals surface area contributed by atoms with E-state index >= 15 is 0 Å². The van der Waals surface area contributed by atoms with E-state index in [9.17, 15) is 13.5 Å². The third-order valence-corrected chi connectivity index (χ3v) is 6.77. The maximum absolute atomic E-state index is 12.8. The lowest BCUT2D eigenvalue weighted by Gasteiger charge is -2.25. The zero-order valence-corrected chi connectivity index (χ0v) is 15.7. The number of benzene rings is 1. The molecule has 8 heteroatoms. The van der Waals surface area contributed by atoms with Gasteiger partial charge in [0.1, 0.15) is 5.75 Å². The van der Waals surface area contributed by atoms with E-state index < -0.39 is 16.3 Å². The Morgan fingerprint density at radius 2 is 1.88 bits per heavy atom. The maximum Gasteiger partial charge on any atom is 0.263 e. The van der Waals surface area contributed by atoms with E-state index in [0.717, 1.165) is 17.1 Å². The Morgan fingerprint density at radius 1 is 1.21 bits per heavy atom. The summed E-state index contributed by atoms with van der Waals surface area (Å²) in [5.74, 6) is 0.379.